The minimum absolute atomic E-state index is 0.156. The number of ether oxygens (including phenoxy) is 1. The summed E-state index contributed by atoms with van der Waals surface area (Å²) in [5.41, 5.74) is 1.31. The molecule has 1 atom stereocenters. The number of esters is 1. The van der Waals surface area contributed by atoms with E-state index in [-0.39, 0.29) is 39.4 Å². The van der Waals surface area contributed by atoms with Crippen LogP contribution in [0.1, 0.15) is 79.9 Å². The summed E-state index contributed by atoms with van der Waals surface area (Å²) < 4.78 is 41.2. The number of carbonyl (C=O) groups is 5. The summed E-state index contributed by atoms with van der Waals surface area (Å²) in [5.74, 6) is -1.40. The first-order valence-corrected chi connectivity index (χ1v) is 18.6. The van der Waals surface area contributed by atoms with Gasteiger partial charge in [-0.3, -0.25) is 19.2 Å². The third kappa shape index (κ3) is 12.0. The number of methoxy groups -OCH3 is 1. The Labute approximate surface area is 337 Å². The normalized spacial score (nSPS) is 13.7. The molecule has 4 aromatic rings. The average Bonchev–Trinajstić information content (AvgIpc) is 3.65. The van der Waals surface area contributed by atoms with Gasteiger partial charge in [0.25, 0.3) is 17.1 Å². The van der Waals surface area contributed by atoms with Gasteiger partial charge in [-0.1, -0.05) is 84.1 Å². The van der Waals surface area contributed by atoms with E-state index < -0.39 is 40.3 Å². The Hall–Kier alpha value is -4.91. The highest BCUT2D eigenvalue weighted by Gasteiger charge is 2.42. The van der Waals surface area contributed by atoms with Crippen LogP contribution in [0.5, 0.6) is 0 Å². The summed E-state index contributed by atoms with van der Waals surface area (Å²) in [6.45, 7) is 2.27. The molecule has 15 heteroatoms. The van der Waals surface area contributed by atoms with Crippen LogP contribution < -0.4 is 16.0 Å². The average molecular weight is 833 g/mol. The van der Waals surface area contributed by atoms with Crippen molar-refractivity contribution in [1.29, 1.82) is 0 Å². The molecule has 1 unspecified atom stereocenters. The Morgan fingerprint density at radius 3 is 2.02 bits per heavy atom. The van der Waals surface area contributed by atoms with Crippen molar-refractivity contribution in [2.45, 2.75) is 57.7 Å². The third-order valence-corrected chi connectivity index (χ3v) is 10.1. The first kappa shape index (κ1) is 43.8. The molecule has 0 heterocycles. The van der Waals surface area contributed by atoms with E-state index in [2.05, 4.69) is 16.0 Å². The van der Waals surface area contributed by atoms with Crippen LogP contribution >= 0.6 is 34.8 Å². The van der Waals surface area contributed by atoms with Crippen molar-refractivity contribution in [3.8, 4) is 0 Å². The van der Waals surface area contributed by atoms with E-state index in [4.69, 9.17) is 39.5 Å². The molecule has 4 aromatic carbocycles. The Bertz CT molecular complexity index is 2030. The number of alkyl halides is 3. The maximum atomic E-state index is 13.6. The maximum Gasteiger partial charge on any atom is 0.416 e. The molecule has 56 heavy (non-hydrogen) atoms. The van der Waals surface area contributed by atoms with E-state index in [0.29, 0.717) is 37.1 Å². The minimum Gasteiger partial charge on any atom is -0.467 e. The zero-order valence-corrected chi connectivity index (χ0v) is 32.7. The monoisotopic (exact) mass is 831 g/mol. The fourth-order valence-electron chi connectivity index (χ4n) is 6.28. The quantitative estimate of drug-likeness (QED) is 0.0965. The van der Waals surface area contributed by atoms with Crippen molar-refractivity contribution in [2.75, 3.05) is 19.0 Å². The second kappa shape index (κ2) is 19.8. The zero-order chi connectivity index (χ0) is 41.0. The largest absolute Gasteiger partial charge is 0.467 e. The van der Waals surface area contributed by atoms with Gasteiger partial charge in [0.2, 0.25) is 5.91 Å². The summed E-state index contributed by atoms with van der Waals surface area (Å²) in [4.78, 5) is 62.2. The number of rotatable bonds is 12. The molecule has 296 valence electrons. The number of benzene rings is 4. The molecule has 0 saturated heterocycles. The Kier molecular flexibility index (Phi) is 15.5. The number of hydrogen-bond donors (Lipinski definition) is 3. The third-order valence-electron chi connectivity index (χ3n) is 9.26. The molecule has 0 spiro atoms. The Morgan fingerprint density at radius 2 is 1.43 bits per heavy atom. The van der Waals surface area contributed by atoms with Gasteiger partial charge < -0.3 is 20.7 Å². The van der Waals surface area contributed by atoms with E-state index in [1.165, 1.54) is 13.2 Å². The maximum absolute atomic E-state index is 13.6. The van der Waals surface area contributed by atoms with E-state index in [1.807, 2.05) is 25.1 Å². The van der Waals surface area contributed by atoms with Crippen molar-refractivity contribution in [2.24, 2.45) is 5.41 Å². The molecule has 0 bridgehead atoms. The number of halogens is 6. The van der Waals surface area contributed by atoms with E-state index >= 15 is 0 Å². The number of nitrogens with one attached hydrogen (secondary N) is 3. The number of hydrogen-bond acceptors (Lipinski definition) is 6. The standard InChI is InChI=1S/C33H35Cl2N3O5.C8H4ClF3O/c1-21-7-5-8-23(19-21)29(39)36-18-17-33(15-3-4-16-33)32(42)38-27(31(41)43-2)20-22-11-13-24(14-12-22)37-30(40)28-25(34)9-6-10-26(28)35;9-7(13)5-2-1-3-6(4-5)8(10,11)12/h5-14,19,27H,3-4,15-18,20H2,1-2H3,(H,36,39)(H,37,40)(H,38,42);1-4H. The number of anilines is 1. The SMILES string of the molecule is COC(=O)C(Cc1ccc(NC(=O)c2c(Cl)cccc2Cl)cc1)NC(=O)C1(CCNC(=O)c2cccc(C)c2)CCCC1.O=C(Cl)c1cccc(C(F)(F)F)c1. The predicted octanol–water partition coefficient (Wildman–Crippen LogP) is 9.22. The van der Waals surface area contributed by atoms with Crippen LogP contribution in [0.15, 0.2) is 91.0 Å². The lowest BCUT2D eigenvalue weighted by molar-refractivity contribution is -0.146. The van der Waals surface area contributed by atoms with Crippen LogP contribution in [0.4, 0.5) is 18.9 Å². The molecule has 0 radical (unpaired) electrons. The Morgan fingerprint density at radius 1 is 0.821 bits per heavy atom. The van der Waals surface area contributed by atoms with Gasteiger partial charge in [0.05, 0.1) is 33.7 Å². The molecular formula is C41H39Cl3F3N3O6. The van der Waals surface area contributed by atoms with Crippen molar-refractivity contribution in [3.63, 3.8) is 0 Å². The van der Waals surface area contributed by atoms with Crippen molar-refractivity contribution >= 4 is 69.4 Å². The molecule has 3 N–H and O–H groups in total. The molecule has 1 aliphatic carbocycles. The summed E-state index contributed by atoms with van der Waals surface area (Å²) in [7, 11) is 1.28. The van der Waals surface area contributed by atoms with Crippen LogP contribution in [-0.2, 0) is 26.9 Å². The molecule has 9 nitrogen and oxygen atoms in total. The van der Waals surface area contributed by atoms with Crippen LogP contribution in [0, 0.1) is 12.3 Å². The van der Waals surface area contributed by atoms with Crippen LogP contribution in [0.2, 0.25) is 10.0 Å². The zero-order valence-electron chi connectivity index (χ0n) is 30.4. The summed E-state index contributed by atoms with van der Waals surface area (Å²) in [6.07, 6.45) is -0.628. The highest BCUT2D eigenvalue weighted by molar-refractivity contribution is 6.67. The van der Waals surface area contributed by atoms with Gasteiger partial charge in [-0.05, 0) is 91.9 Å². The molecule has 5 rings (SSSR count). The fraction of sp³-hybridized carbons (Fsp3) is 0.293. The highest BCUT2D eigenvalue weighted by Crippen LogP contribution is 2.41. The van der Waals surface area contributed by atoms with Crippen LogP contribution in [0.3, 0.4) is 0 Å². The van der Waals surface area contributed by atoms with E-state index in [9.17, 15) is 37.1 Å². The lowest BCUT2D eigenvalue weighted by Crippen LogP contribution is -2.50. The second-order valence-electron chi connectivity index (χ2n) is 13.2. The molecule has 1 aliphatic rings. The van der Waals surface area contributed by atoms with Gasteiger partial charge in [-0.15, -0.1) is 0 Å². The smallest absolute Gasteiger partial charge is 0.416 e. The van der Waals surface area contributed by atoms with Crippen LogP contribution in [-0.4, -0.2) is 48.6 Å². The fourth-order valence-corrected chi connectivity index (χ4v) is 6.97. The summed E-state index contributed by atoms with van der Waals surface area (Å²) >= 11 is 17.3. The van der Waals surface area contributed by atoms with Crippen molar-refractivity contribution in [3.05, 3.63) is 134 Å². The second-order valence-corrected chi connectivity index (χ2v) is 14.4. The van der Waals surface area contributed by atoms with Crippen LogP contribution in [0.25, 0.3) is 0 Å². The molecule has 3 amide bonds. The highest BCUT2D eigenvalue weighted by atomic mass is 35.5. The number of amides is 3. The van der Waals surface area contributed by atoms with Crippen molar-refractivity contribution in [1.82, 2.24) is 10.6 Å². The molecule has 1 fully saturated rings. The Balaban J connectivity index is 0.000000453. The van der Waals surface area contributed by atoms with E-state index in [1.54, 1.807) is 48.5 Å². The first-order chi connectivity index (χ1) is 26.5. The van der Waals surface area contributed by atoms with Crippen molar-refractivity contribution < 1.29 is 41.9 Å². The summed E-state index contributed by atoms with van der Waals surface area (Å²) in [5, 5.41) is 8.23. The molecule has 0 aromatic heterocycles. The van der Waals surface area contributed by atoms with Gasteiger partial charge in [-0.2, -0.15) is 13.2 Å². The topological polar surface area (TPSA) is 131 Å². The lowest BCUT2D eigenvalue weighted by atomic mass is 9.81. The van der Waals surface area contributed by atoms with Gasteiger partial charge in [-0.25, -0.2) is 4.79 Å². The number of carbonyl (C=O) groups excluding carboxylic acids is 5. The number of aryl methyl sites for hydroxylation is 1. The van der Waals surface area contributed by atoms with E-state index in [0.717, 1.165) is 42.2 Å². The van der Waals surface area contributed by atoms with Gasteiger partial charge in [0.15, 0.2) is 0 Å². The first-order valence-electron chi connectivity index (χ1n) is 17.5. The van der Waals surface area contributed by atoms with Gasteiger partial charge in [0, 0.05) is 29.8 Å². The molecular weight excluding hydrogens is 794 g/mol. The minimum atomic E-state index is -4.44. The molecule has 1 saturated carbocycles. The summed E-state index contributed by atoms with van der Waals surface area (Å²) in [6, 6.07) is 22.2. The predicted molar refractivity (Wildman–Crippen MR) is 209 cm³/mol. The molecule has 0 aliphatic heterocycles. The van der Waals surface area contributed by atoms with Gasteiger partial charge in [0.1, 0.15) is 6.04 Å². The lowest BCUT2D eigenvalue weighted by Gasteiger charge is -2.30. The van der Waals surface area contributed by atoms with Gasteiger partial charge >= 0.3 is 12.1 Å².